The topological polar surface area (TPSA) is 204 Å². The predicted octanol–water partition coefficient (Wildman–Crippen LogP) is 6.86. The summed E-state index contributed by atoms with van der Waals surface area (Å²) < 4.78 is 80.8. The molecular formula is C48H62F2N6O10S. The van der Waals surface area contributed by atoms with Crippen molar-refractivity contribution in [1.82, 2.24) is 30.2 Å². The van der Waals surface area contributed by atoms with Gasteiger partial charge in [-0.2, -0.15) is 0 Å². The normalized spacial score (nSPS) is 26.6. The van der Waals surface area contributed by atoms with Crippen molar-refractivity contribution in [2.75, 3.05) is 13.7 Å². The highest BCUT2D eigenvalue weighted by Crippen LogP contribution is 2.46. The van der Waals surface area contributed by atoms with E-state index in [0.717, 1.165) is 13.8 Å². The first-order valence-corrected chi connectivity index (χ1v) is 24.6. The Kier molecular flexibility index (Phi) is 14.1. The van der Waals surface area contributed by atoms with Crippen molar-refractivity contribution < 1.29 is 55.3 Å². The van der Waals surface area contributed by atoms with Crippen molar-refractivity contribution in [3.8, 4) is 28.8 Å². The van der Waals surface area contributed by atoms with Crippen LogP contribution in [0.5, 0.6) is 17.4 Å². The molecule has 2 saturated carbocycles. The molecular weight excluding hydrogens is 891 g/mol. The van der Waals surface area contributed by atoms with Crippen molar-refractivity contribution >= 4 is 44.6 Å². The van der Waals surface area contributed by atoms with Crippen molar-refractivity contribution in [1.29, 1.82) is 0 Å². The van der Waals surface area contributed by atoms with Crippen LogP contribution in [-0.4, -0.2) is 107 Å². The van der Waals surface area contributed by atoms with E-state index in [2.05, 4.69) is 20.3 Å². The molecule has 3 fully saturated rings. The quantitative estimate of drug-likeness (QED) is 0.151. The average molecular weight is 953 g/mol. The highest BCUT2D eigenvalue weighted by molar-refractivity contribution is 7.91. The third kappa shape index (κ3) is 11.1. The number of methoxy groups -OCH3 is 1. The molecule has 0 radical (unpaired) electrons. The summed E-state index contributed by atoms with van der Waals surface area (Å²) in [6.45, 7) is 10.3. The zero-order valence-electron chi connectivity index (χ0n) is 39.3. The van der Waals surface area contributed by atoms with E-state index < -0.39 is 86.2 Å². The number of carbonyl (C=O) groups is 4. The highest BCUT2D eigenvalue weighted by Gasteiger charge is 2.62. The van der Waals surface area contributed by atoms with E-state index in [1.165, 1.54) is 4.90 Å². The van der Waals surface area contributed by atoms with Crippen LogP contribution in [-0.2, 0) is 29.1 Å². The fourth-order valence-corrected chi connectivity index (χ4v) is 10.1. The molecule has 0 bridgehead atoms. The smallest absolute Gasteiger partial charge is 0.408 e. The van der Waals surface area contributed by atoms with Gasteiger partial charge in [0, 0.05) is 24.6 Å². The van der Waals surface area contributed by atoms with Gasteiger partial charge in [-0.25, -0.2) is 27.0 Å². The fraction of sp³-hybridized carbons (Fsp3) is 0.583. The number of amides is 4. The zero-order valence-corrected chi connectivity index (χ0v) is 40.1. The minimum Gasteiger partial charge on any atom is -0.497 e. The van der Waals surface area contributed by atoms with E-state index in [9.17, 15) is 31.6 Å². The molecule has 19 heteroatoms. The molecule has 7 rings (SSSR count). The van der Waals surface area contributed by atoms with Gasteiger partial charge in [-0.1, -0.05) is 32.4 Å². The van der Waals surface area contributed by atoms with Crippen molar-refractivity contribution in [3.63, 3.8) is 0 Å². The number of hydrogen-bond acceptors (Lipinski definition) is 12. The minimum absolute atomic E-state index is 0.00380. The Morgan fingerprint density at radius 3 is 2.40 bits per heavy atom. The lowest BCUT2D eigenvalue weighted by Gasteiger charge is -2.35. The second-order valence-electron chi connectivity index (χ2n) is 19.3. The number of allylic oxidation sites excluding steroid dienone is 1. The molecule has 2 aliphatic carbocycles. The summed E-state index contributed by atoms with van der Waals surface area (Å²) in [5.41, 5.74) is -2.93. The Balaban J connectivity index is 1.27. The van der Waals surface area contributed by atoms with Gasteiger partial charge < -0.3 is 34.5 Å². The van der Waals surface area contributed by atoms with E-state index in [4.69, 9.17) is 23.9 Å². The van der Waals surface area contributed by atoms with Crippen molar-refractivity contribution in [3.05, 3.63) is 54.7 Å². The molecule has 4 aliphatic rings. The van der Waals surface area contributed by atoms with Gasteiger partial charge in [-0.3, -0.25) is 24.1 Å². The third-order valence-electron chi connectivity index (χ3n) is 13.3. The Bertz CT molecular complexity index is 2500. The number of sulfonamides is 1. The molecule has 4 amide bonds. The maximum Gasteiger partial charge on any atom is 0.408 e. The Morgan fingerprint density at radius 2 is 1.76 bits per heavy atom. The lowest BCUT2D eigenvalue weighted by molar-refractivity contribution is -0.152. The van der Waals surface area contributed by atoms with Crippen LogP contribution in [0.1, 0.15) is 99.8 Å². The molecule has 2 aliphatic heterocycles. The number of nitrogens with zero attached hydrogens (tertiary/aromatic N) is 3. The van der Waals surface area contributed by atoms with E-state index in [-0.39, 0.29) is 37.3 Å². The molecule has 7 atom stereocenters. The number of benzene rings is 1. The standard InChI is InChI=1S/C48H62F2N6O10S/c1-9-29-20-28(4)12-10-11-13-31-24-48(31,44(59)55-67(61,62)35-16-17-35)54-41(57)39-23-34(26-56(39)43(58)40(29)53-45(60)66-46(5,6)47(7,49)50)65-42-36-18-14-32(63-8)21-30(36)22-38(52-42)37-19-15-33(25-51-37)64-27(2)3/h11,13-15,18-19,21-22,25,27-29,31,34-35,39-40H,9-10,12,16-17,20,23-24,26H2,1-8H3,(H,53,60)(H,54,57)(H,55,59)/b13-11-/t28-,29+,31+,34+,39-,40-,48+/m0/s1. The van der Waals surface area contributed by atoms with Gasteiger partial charge >= 0.3 is 6.09 Å². The molecule has 4 heterocycles. The number of pyridine rings is 2. The number of hydrogen-bond donors (Lipinski definition) is 3. The predicted molar refractivity (Wildman–Crippen MR) is 245 cm³/mol. The molecule has 0 spiro atoms. The molecule has 0 unspecified atom stereocenters. The fourth-order valence-electron chi connectivity index (χ4n) is 8.78. The van der Waals surface area contributed by atoms with Crippen LogP contribution in [0, 0.1) is 17.8 Å². The number of nitrogens with one attached hydrogen (secondary N) is 3. The first-order chi connectivity index (χ1) is 31.5. The summed E-state index contributed by atoms with van der Waals surface area (Å²) in [5.74, 6) is -5.51. The van der Waals surface area contributed by atoms with Crippen LogP contribution in [0.15, 0.2) is 54.7 Å². The number of halogens is 2. The Morgan fingerprint density at radius 1 is 1.03 bits per heavy atom. The lowest BCUT2D eigenvalue weighted by Crippen LogP contribution is -2.59. The SMILES string of the molecule is CC[C@@H]1C[C@@H](C)CC/C=C\[C@@H]2C[C@@]2(C(=O)NS(=O)(=O)C2CC2)NC(=O)[C@@H]2C[C@@H](Oc3nc(-c4ccc(OC(C)C)cn4)cc4cc(OC)ccc34)CN2C(=O)[C@H]1NC(=O)OC(C)(C)C(C)(F)F. The summed E-state index contributed by atoms with van der Waals surface area (Å²) in [4.78, 5) is 68.4. The highest BCUT2D eigenvalue weighted by atomic mass is 32.2. The molecule has 3 aromatic rings. The van der Waals surface area contributed by atoms with Crippen LogP contribution in [0.2, 0.25) is 0 Å². The van der Waals surface area contributed by atoms with E-state index >= 15 is 4.79 Å². The molecule has 1 aromatic carbocycles. The maximum atomic E-state index is 15.2. The van der Waals surface area contributed by atoms with Gasteiger partial charge in [0.15, 0.2) is 5.60 Å². The van der Waals surface area contributed by atoms with Crippen LogP contribution < -0.4 is 29.6 Å². The number of rotatable bonds is 13. The maximum absolute atomic E-state index is 15.2. The average Bonchev–Trinajstić information content (AvgIpc) is 4.19. The lowest BCUT2D eigenvalue weighted by atomic mass is 9.85. The summed E-state index contributed by atoms with van der Waals surface area (Å²) in [6.07, 6.45) is 6.01. The van der Waals surface area contributed by atoms with Crippen LogP contribution in [0.25, 0.3) is 22.2 Å². The number of fused-ring (bicyclic) bond motifs is 3. The van der Waals surface area contributed by atoms with Gasteiger partial charge in [0.1, 0.15) is 35.2 Å². The molecule has 2 aromatic heterocycles. The molecule has 3 N–H and O–H groups in total. The van der Waals surface area contributed by atoms with E-state index in [0.29, 0.717) is 79.1 Å². The Labute approximate surface area is 390 Å². The molecule has 1 saturated heterocycles. The van der Waals surface area contributed by atoms with Crippen LogP contribution >= 0.6 is 0 Å². The number of alkyl halides is 2. The minimum atomic E-state index is -4.00. The first kappa shape index (κ1) is 49.3. The number of alkyl carbamates (subject to hydrolysis) is 1. The molecule has 67 heavy (non-hydrogen) atoms. The second-order valence-corrected chi connectivity index (χ2v) is 21.3. The molecule has 364 valence electrons. The van der Waals surface area contributed by atoms with Crippen molar-refractivity contribution in [2.24, 2.45) is 17.8 Å². The van der Waals surface area contributed by atoms with Crippen molar-refractivity contribution in [2.45, 2.75) is 146 Å². The van der Waals surface area contributed by atoms with Gasteiger partial charge in [0.2, 0.25) is 27.7 Å². The summed E-state index contributed by atoms with van der Waals surface area (Å²) >= 11 is 0. The number of aromatic nitrogens is 2. The zero-order chi connectivity index (χ0) is 48.6. The summed E-state index contributed by atoms with van der Waals surface area (Å²) in [6, 6.07) is 8.05. The van der Waals surface area contributed by atoms with Crippen LogP contribution in [0.4, 0.5) is 13.6 Å². The van der Waals surface area contributed by atoms with Crippen LogP contribution in [0.3, 0.4) is 0 Å². The van der Waals surface area contributed by atoms with E-state index in [1.54, 1.807) is 37.6 Å². The largest absolute Gasteiger partial charge is 0.497 e. The van der Waals surface area contributed by atoms with E-state index in [1.807, 2.05) is 52.0 Å². The monoisotopic (exact) mass is 952 g/mol. The Hall–Kier alpha value is -5.59. The van der Waals surface area contributed by atoms with Gasteiger partial charge in [0.05, 0.1) is 42.6 Å². The molecule has 16 nitrogen and oxygen atoms in total. The second kappa shape index (κ2) is 19.2. The van der Waals surface area contributed by atoms with Gasteiger partial charge in [0.25, 0.3) is 11.8 Å². The number of ether oxygens (including phenoxy) is 4. The summed E-state index contributed by atoms with van der Waals surface area (Å²) in [7, 11) is -2.45. The number of carbonyl (C=O) groups excluding carboxylic acids is 4. The first-order valence-electron chi connectivity index (χ1n) is 23.0. The van der Waals surface area contributed by atoms with Gasteiger partial charge in [-0.15, -0.1) is 0 Å². The van der Waals surface area contributed by atoms with Gasteiger partial charge in [-0.05, 0) is 120 Å². The summed E-state index contributed by atoms with van der Waals surface area (Å²) in [5, 5.41) is 6.06. The third-order valence-corrected chi connectivity index (χ3v) is 15.1.